The number of amides is 2. The molecule has 0 aliphatic carbocycles. The smallest absolute Gasteiger partial charge is 0.317 e. The minimum atomic E-state index is 0.0109. The lowest BCUT2D eigenvalue weighted by Crippen LogP contribution is -2.39. The fourth-order valence-electron chi connectivity index (χ4n) is 2.91. The third kappa shape index (κ3) is 4.83. The van der Waals surface area contributed by atoms with Crippen LogP contribution >= 0.6 is 0 Å². The lowest BCUT2D eigenvalue weighted by Gasteiger charge is -2.17. The molecule has 0 radical (unpaired) electrons. The van der Waals surface area contributed by atoms with Gasteiger partial charge in [0.1, 0.15) is 0 Å². The second-order valence-electron chi connectivity index (χ2n) is 6.12. The molecule has 3 rings (SSSR count). The lowest BCUT2D eigenvalue weighted by molar-refractivity contribution is 0.0487. The van der Waals surface area contributed by atoms with E-state index >= 15 is 0 Å². The second-order valence-corrected chi connectivity index (χ2v) is 6.12. The minimum absolute atomic E-state index is 0.0109. The predicted molar refractivity (Wildman–Crippen MR) is 94.8 cm³/mol. The van der Waals surface area contributed by atoms with E-state index in [-0.39, 0.29) is 12.1 Å². The number of rotatable bonds is 6. The van der Waals surface area contributed by atoms with E-state index in [9.17, 15) is 4.79 Å². The molecule has 126 valence electrons. The van der Waals surface area contributed by atoms with E-state index in [0.29, 0.717) is 19.7 Å². The Hall–Kier alpha value is -2.33. The van der Waals surface area contributed by atoms with Crippen LogP contribution in [0.3, 0.4) is 0 Å². The Morgan fingerprint density at radius 3 is 2.42 bits per heavy atom. The van der Waals surface area contributed by atoms with Gasteiger partial charge in [-0.2, -0.15) is 0 Å². The summed E-state index contributed by atoms with van der Waals surface area (Å²) in [6.45, 7) is 2.70. The van der Waals surface area contributed by atoms with Gasteiger partial charge in [0.05, 0.1) is 12.7 Å². The molecule has 4 nitrogen and oxygen atoms in total. The molecule has 4 heteroatoms. The van der Waals surface area contributed by atoms with Gasteiger partial charge in [-0.1, -0.05) is 60.7 Å². The van der Waals surface area contributed by atoms with Crippen LogP contribution < -0.4 is 5.32 Å². The van der Waals surface area contributed by atoms with Crippen LogP contribution in [0, 0.1) is 0 Å². The van der Waals surface area contributed by atoms with Crippen LogP contribution in [0.25, 0.3) is 0 Å². The molecule has 24 heavy (non-hydrogen) atoms. The average Bonchev–Trinajstić information content (AvgIpc) is 3.11. The molecule has 0 saturated carbocycles. The summed E-state index contributed by atoms with van der Waals surface area (Å²) in [5.74, 6) is 0. The van der Waals surface area contributed by atoms with Crippen LogP contribution in [0.15, 0.2) is 60.7 Å². The summed E-state index contributed by atoms with van der Waals surface area (Å²) in [4.78, 5) is 14.1. The molecule has 1 atom stereocenters. The first-order valence-electron chi connectivity index (χ1n) is 8.53. The molecule has 1 saturated heterocycles. The van der Waals surface area contributed by atoms with Gasteiger partial charge in [0.15, 0.2) is 0 Å². The summed E-state index contributed by atoms with van der Waals surface area (Å²) < 4.78 is 5.92. The zero-order valence-corrected chi connectivity index (χ0v) is 13.9. The third-order valence-electron chi connectivity index (χ3n) is 4.29. The number of ether oxygens (including phenoxy) is 1. The summed E-state index contributed by atoms with van der Waals surface area (Å²) in [7, 11) is 0. The number of carbonyl (C=O) groups is 1. The van der Waals surface area contributed by atoms with Crippen LogP contribution in [0.4, 0.5) is 4.79 Å². The maximum atomic E-state index is 12.2. The number of benzene rings is 2. The van der Waals surface area contributed by atoms with E-state index in [4.69, 9.17) is 4.74 Å². The molecule has 1 heterocycles. The van der Waals surface area contributed by atoms with Crippen molar-refractivity contribution in [2.45, 2.75) is 25.6 Å². The highest BCUT2D eigenvalue weighted by Gasteiger charge is 2.26. The van der Waals surface area contributed by atoms with Crippen LogP contribution in [0.5, 0.6) is 0 Å². The van der Waals surface area contributed by atoms with Gasteiger partial charge in [0.25, 0.3) is 0 Å². The Bertz CT molecular complexity index is 631. The molecule has 1 N–H and O–H groups in total. The summed E-state index contributed by atoms with van der Waals surface area (Å²) >= 11 is 0. The van der Waals surface area contributed by atoms with Gasteiger partial charge in [0, 0.05) is 19.6 Å². The van der Waals surface area contributed by atoms with Gasteiger partial charge in [-0.3, -0.25) is 0 Å². The third-order valence-corrected chi connectivity index (χ3v) is 4.29. The van der Waals surface area contributed by atoms with Crippen molar-refractivity contribution in [2.24, 2.45) is 0 Å². The molecule has 2 aromatic carbocycles. The van der Waals surface area contributed by atoms with Gasteiger partial charge >= 0.3 is 6.03 Å². The van der Waals surface area contributed by atoms with E-state index < -0.39 is 0 Å². The second kappa shape index (κ2) is 8.50. The van der Waals surface area contributed by atoms with Crippen molar-refractivity contribution in [1.29, 1.82) is 0 Å². The number of urea groups is 1. The largest absolute Gasteiger partial charge is 0.372 e. The summed E-state index contributed by atoms with van der Waals surface area (Å²) in [5, 5.41) is 3.00. The van der Waals surface area contributed by atoms with Crippen molar-refractivity contribution in [2.75, 3.05) is 19.6 Å². The van der Waals surface area contributed by atoms with Gasteiger partial charge in [-0.05, 0) is 24.0 Å². The normalized spacial score (nSPS) is 17.0. The molecule has 2 aromatic rings. The number of hydrogen-bond acceptors (Lipinski definition) is 2. The Labute approximate surface area is 143 Å². The highest BCUT2D eigenvalue weighted by Crippen LogP contribution is 2.15. The molecule has 0 aromatic heterocycles. The number of carbonyl (C=O) groups excluding carboxylic acids is 1. The summed E-state index contributed by atoms with van der Waals surface area (Å²) in [6, 6.07) is 20.4. The van der Waals surface area contributed by atoms with Gasteiger partial charge < -0.3 is 15.0 Å². The summed E-state index contributed by atoms with van der Waals surface area (Å²) in [6.07, 6.45) is 1.89. The molecular weight excluding hydrogens is 300 g/mol. The fraction of sp³-hybridized carbons (Fsp3) is 0.350. The predicted octanol–water partition coefficient (Wildman–Crippen LogP) is 3.23. The Morgan fingerprint density at radius 1 is 1.04 bits per heavy atom. The van der Waals surface area contributed by atoms with Crippen molar-refractivity contribution in [3.63, 3.8) is 0 Å². The number of nitrogens with one attached hydrogen (secondary N) is 1. The van der Waals surface area contributed by atoms with Crippen molar-refractivity contribution in [3.05, 3.63) is 71.8 Å². The topological polar surface area (TPSA) is 41.6 Å². The minimum Gasteiger partial charge on any atom is -0.372 e. The zero-order chi connectivity index (χ0) is 16.6. The molecular formula is C20H24N2O2. The zero-order valence-electron chi connectivity index (χ0n) is 13.9. The highest BCUT2D eigenvalue weighted by molar-refractivity contribution is 5.74. The van der Waals surface area contributed by atoms with E-state index in [1.54, 1.807) is 0 Å². The van der Waals surface area contributed by atoms with Crippen molar-refractivity contribution in [3.8, 4) is 0 Å². The van der Waals surface area contributed by atoms with Gasteiger partial charge in [-0.15, -0.1) is 0 Å². The van der Waals surface area contributed by atoms with E-state index in [1.807, 2.05) is 41.3 Å². The first-order valence-corrected chi connectivity index (χ1v) is 8.53. The van der Waals surface area contributed by atoms with Crippen molar-refractivity contribution >= 4 is 6.03 Å². The van der Waals surface area contributed by atoms with Crippen LogP contribution in [0.2, 0.25) is 0 Å². The molecule has 1 aliphatic rings. The Morgan fingerprint density at radius 2 is 1.71 bits per heavy atom. The Balaban J connectivity index is 1.36. The molecule has 0 bridgehead atoms. The van der Waals surface area contributed by atoms with Crippen molar-refractivity contribution < 1.29 is 9.53 Å². The average molecular weight is 324 g/mol. The molecule has 0 unspecified atom stereocenters. The molecule has 1 fully saturated rings. The van der Waals surface area contributed by atoms with Crippen LogP contribution in [-0.2, 0) is 17.8 Å². The monoisotopic (exact) mass is 324 g/mol. The first-order chi connectivity index (χ1) is 11.8. The standard InChI is InChI=1S/C20H24N2O2/c23-20(21-13-11-17-7-3-1-4-8-17)22-14-12-19(15-22)24-16-18-9-5-2-6-10-18/h1-10,19H,11-16H2,(H,21,23)/t19-/m0/s1. The van der Waals surface area contributed by atoms with E-state index in [2.05, 4.69) is 29.6 Å². The molecule has 0 spiro atoms. The maximum absolute atomic E-state index is 12.2. The number of likely N-dealkylation sites (tertiary alicyclic amines) is 1. The first kappa shape index (κ1) is 16.5. The Kier molecular flexibility index (Phi) is 5.85. The highest BCUT2D eigenvalue weighted by atomic mass is 16.5. The van der Waals surface area contributed by atoms with Crippen LogP contribution in [-0.4, -0.2) is 36.7 Å². The fourth-order valence-corrected chi connectivity index (χ4v) is 2.91. The number of hydrogen-bond donors (Lipinski definition) is 1. The SMILES string of the molecule is O=C(NCCc1ccccc1)N1CC[C@H](OCc2ccccc2)C1. The van der Waals surface area contributed by atoms with E-state index in [1.165, 1.54) is 11.1 Å². The summed E-state index contributed by atoms with van der Waals surface area (Å²) in [5.41, 5.74) is 2.41. The van der Waals surface area contributed by atoms with E-state index in [0.717, 1.165) is 19.4 Å². The quantitative estimate of drug-likeness (QED) is 0.886. The van der Waals surface area contributed by atoms with Crippen LogP contribution in [0.1, 0.15) is 17.5 Å². The van der Waals surface area contributed by atoms with Gasteiger partial charge in [0.2, 0.25) is 0 Å². The molecule has 1 aliphatic heterocycles. The van der Waals surface area contributed by atoms with Gasteiger partial charge in [-0.25, -0.2) is 4.79 Å². The maximum Gasteiger partial charge on any atom is 0.317 e. The van der Waals surface area contributed by atoms with Crippen molar-refractivity contribution in [1.82, 2.24) is 10.2 Å². The lowest BCUT2D eigenvalue weighted by atomic mass is 10.1. The number of nitrogens with zero attached hydrogens (tertiary/aromatic N) is 1. The molecule has 2 amide bonds.